The molecule has 3 aliphatic heterocycles. The van der Waals surface area contributed by atoms with Crippen LogP contribution in [0.5, 0.6) is 0 Å². The summed E-state index contributed by atoms with van der Waals surface area (Å²) in [5.41, 5.74) is 7.60. The van der Waals surface area contributed by atoms with Crippen molar-refractivity contribution in [3.05, 3.63) is 29.8 Å². The second-order valence-corrected chi connectivity index (χ2v) is 6.05. The van der Waals surface area contributed by atoms with E-state index >= 15 is 0 Å². The highest BCUT2D eigenvalue weighted by atomic mass is 16.1. The summed E-state index contributed by atoms with van der Waals surface area (Å²) in [6.07, 6.45) is 3.83. The molecule has 3 saturated heterocycles. The minimum Gasteiger partial charge on any atom is -0.399 e. The number of nitrogens with two attached hydrogens (primary N) is 1. The Labute approximate surface area is 120 Å². The lowest BCUT2D eigenvalue weighted by atomic mass is 9.84. The number of hydrogen-bond acceptors (Lipinski definition) is 3. The van der Waals surface area contributed by atoms with Gasteiger partial charge in [-0.1, -0.05) is 12.1 Å². The molecule has 20 heavy (non-hydrogen) atoms. The van der Waals surface area contributed by atoms with Crippen LogP contribution in [-0.4, -0.2) is 36.5 Å². The molecule has 3 aliphatic rings. The fourth-order valence-electron chi connectivity index (χ4n) is 3.35. The van der Waals surface area contributed by atoms with Crippen LogP contribution in [-0.2, 0) is 11.2 Å². The molecule has 4 rings (SSSR count). The Hall–Kier alpha value is -1.55. The smallest absolute Gasteiger partial charge is 0.220 e. The van der Waals surface area contributed by atoms with Crippen molar-refractivity contribution in [3.8, 4) is 0 Å². The van der Waals surface area contributed by atoms with E-state index in [9.17, 15) is 4.79 Å². The first-order valence-electron chi connectivity index (χ1n) is 7.57. The quantitative estimate of drug-likeness (QED) is 0.816. The van der Waals surface area contributed by atoms with Crippen molar-refractivity contribution in [1.29, 1.82) is 0 Å². The molecule has 0 spiro atoms. The van der Waals surface area contributed by atoms with Crippen LogP contribution in [0, 0.1) is 5.92 Å². The number of anilines is 1. The van der Waals surface area contributed by atoms with Gasteiger partial charge in [0.05, 0.1) is 0 Å². The molecule has 108 valence electrons. The second kappa shape index (κ2) is 5.83. The minimum atomic E-state index is 0.181. The van der Waals surface area contributed by atoms with Crippen molar-refractivity contribution in [2.45, 2.75) is 31.7 Å². The van der Waals surface area contributed by atoms with E-state index in [1.165, 1.54) is 31.5 Å². The van der Waals surface area contributed by atoms with Crippen LogP contribution in [0.15, 0.2) is 24.3 Å². The zero-order valence-corrected chi connectivity index (χ0v) is 11.8. The van der Waals surface area contributed by atoms with Crippen molar-refractivity contribution in [1.82, 2.24) is 10.2 Å². The van der Waals surface area contributed by atoms with Gasteiger partial charge in [-0.3, -0.25) is 4.79 Å². The number of nitrogen functional groups attached to an aromatic ring is 1. The highest BCUT2D eigenvalue weighted by molar-refractivity contribution is 5.76. The van der Waals surface area contributed by atoms with Crippen LogP contribution in [0.4, 0.5) is 5.69 Å². The summed E-state index contributed by atoms with van der Waals surface area (Å²) in [4.78, 5) is 14.5. The molecule has 1 unspecified atom stereocenters. The van der Waals surface area contributed by atoms with Gasteiger partial charge < -0.3 is 16.0 Å². The summed E-state index contributed by atoms with van der Waals surface area (Å²) in [6.45, 7) is 3.46. The van der Waals surface area contributed by atoms with Gasteiger partial charge in [0.15, 0.2) is 0 Å². The Balaban J connectivity index is 1.46. The summed E-state index contributed by atoms with van der Waals surface area (Å²) in [5.74, 6) is 0.876. The molecule has 1 aromatic rings. The van der Waals surface area contributed by atoms with Crippen LogP contribution < -0.4 is 11.1 Å². The molecular formula is C16H23N3O. The van der Waals surface area contributed by atoms with Crippen molar-refractivity contribution >= 4 is 11.6 Å². The van der Waals surface area contributed by atoms with Crippen LogP contribution in [0.25, 0.3) is 0 Å². The lowest BCUT2D eigenvalue weighted by Gasteiger charge is -2.44. The third-order valence-corrected chi connectivity index (χ3v) is 4.62. The molecule has 0 saturated carbocycles. The molecule has 0 radical (unpaired) electrons. The Bertz CT molecular complexity index is 463. The van der Waals surface area contributed by atoms with Crippen molar-refractivity contribution in [2.75, 3.05) is 25.4 Å². The standard InChI is InChI=1S/C16H23N3O/c17-14-4-1-12(2-5-14)3-6-16(20)18-15-11-19-9-7-13(15)8-10-19/h1-2,4-5,13,15H,3,6-11,17H2,(H,18,20). The number of benzene rings is 1. The molecule has 1 amide bonds. The van der Waals surface area contributed by atoms with Gasteiger partial charge in [-0.2, -0.15) is 0 Å². The number of carbonyl (C=O) groups is 1. The minimum absolute atomic E-state index is 0.181. The molecule has 4 heteroatoms. The van der Waals surface area contributed by atoms with Gasteiger partial charge in [-0.25, -0.2) is 0 Å². The maximum atomic E-state index is 12.1. The zero-order valence-electron chi connectivity index (χ0n) is 11.8. The lowest BCUT2D eigenvalue weighted by molar-refractivity contribution is -0.123. The maximum absolute atomic E-state index is 12.1. The number of fused-ring (bicyclic) bond motifs is 3. The van der Waals surface area contributed by atoms with Crippen LogP contribution in [0.1, 0.15) is 24.8 Å². The van der Waals surface area contributed by atoms with Gasteiger partial charge in [0.1, 0.15) is 0 Å². The number of nitrogens with zero attached hydrogens (tertiary/aromatic N) is 1. The van der Waals surface area contributed by atoms with Gasteiger partial charge in [-0.15, -0.1) is 0 Å². The number of amides is 1. The summed E-state index contributed by atoms with van der Waals surface area (Å²) in [7, 11) is 0. The summed E-state index contributed by atoms with van der Waals surface area (Å²) < 4.78 is 0. The first-order chi connectivity index (χ1) is 9.70. The summed E-state index contributed by atoms with van der Waals surface area (Å²) in [5, 5.41) is 3.23. The normalized spacial score (nSPS) is 28.3. The van der Waals surface area contributed by atoms with E-state index in [0.29, 0.717) is 18.4 Å². The Morgan fingerprint density at radius 1 is 1.25 bits per heavy atom. The van der Waals surface area contributed by atoms with E-state index in [1.54, 1.807) is 0 Å². The Morgan fingerprint density at radius 2 is 1.95 bits per heavy atom. The van der Waals surface area contributed by atoms with E-state index in [4.69, 9.17) is 5.73 Å². The molecule has 3 fully saturated rings. The highest BCUT2D eigenvalue weighted by Gasteiger charge is 2.34. The average molecular weight is 273 g/mol. The van der Waals surface area contributed by atoms with Crippen LogP contribution in [0.2, 0.25) is 0 Å². The molecule has 1 aromatic carbocycles. The van der Waals surface area contributed by atoms with Gasteiger partial charge in [-0.05, 0) is 56.0 Å². The molecule has 0 aromatic heterocycles. The van der Waals surface area contributed by atoms with Crippen molar-refractivity contribution in [3.63, 3.8) is 0 Å². The fraction of sp³-hybridized carbons (Fsp3) is 0.562. The third kappa shape index (κ3) is 3.12. The molecule has 3 N–H and O–H groups in total. The SMILES string of the molecule is Nc1ccc(CCC(=O)NC2CN3CCC2CC3)cc1. The number of carbonyl (C=O) groups excluding carboxylic acids is 1. The topological polar surface area (TPSA) is 58.4 Å². The van der Waals surface area contributed by atoms with Gasteiger partial charge >= 0.3 is 0 Å². The third-order valence-electron chi connectivity index (χ3n) is 4.62. The fourth-order valence-corrected chi connectivity index (χ4v) is 3.35. The van der Waals surface area contributed by atoms with E-state index in [0.717, 1.165) is 18.7 Å². The second-order valence-electron chi connectivity index (χ2n) is 6.05. The van der Waals surface area contributed by atoms with Gasteiger partial charge in [0.2, 0.25) is 5.91 Å². The Morgan fingerprint density at radius 3 is 2.55 bits per heavy atom. The van der Waals surface area contributed by atoms with Crippen molar-refractivity contribution in [2.24, 2.45) is 5.92 Å². The predicted octanol–water partition coefficient (Wildman–Crippen LogP) is 1.41. The first-order valence-corrected chi connectivity index (χ1v) is 7.57. The largest absolute Gasteiger partial charge is 0.399 e. The van der Waals surface area contributed by atoms with E-state index < -0.39 is 0 Å². The molecule has 4 nitrogen and oxygen atoms in total. The van der Waals surface area contributed by atoms with Crippen LogP contribution >= 0.6 is 0 Å². The van der Waals surface area contributed by atoms with Crippen molar-refractivity contribution < 1.29 is 4.79 Å². The van der Waals surface area contributed by atoms with Crippen LogP contribution in [0.3, 0.4) is 0 Å². The van der Waals surface area contributed by atoms with Gasteiger partial charge in [0.25, 0.3) is 0 Å². The molecule has 2 bridgehead atoms. The van der Waals surface area contributed by atoms with E-state index in [-0.39, 0.29) is 5.91 Å². The zero-order chi connectivity index (χ0) is 13.9. The maximum Gasteiger partial charge on any atom is 0.220 e. The Kier molecular flexibility index (Phi) is 3.92. The lowest BCUT2D eigenvalue weighted by Crippen LogP contribution is -2.57. The molecule has 0 aliphatic carbocycles. The molecule has 3 heterocycles. The average Bonchev–Trinajstić information content (AvgIpc) is 2.48. The monoisotopic (exact) mass is 273 g/mol. The number of piperidine rings is 3. The number of hydrogen-bond donors (Lipinski definition) is 2. The summed E-state index contributed by atoms with van der Waals surface area (Å²) in [6, 6.07) is 8.14. The molecule has 1 atom stereocenters. The number of aryl methyl sites for hydroxylation is 1. The number of rotatable bonds is 4. The molecular weight excluding hydrogens is 250 g/mol. The number of nitrogens with one attached hydrogen (secondary N) is 1. The predicted molar refractivity (Wildman–Crippen MR) is 80.3 cm³/mol. The highest BCUT2D eigenvalue weighted by Crippen LogP contribution is 2.27. The summed E-state index contributed by atoms with van der Waals surface area (Å²) >= 11 is 0. The van der Waals surface area contributed by atoms with E-state index in [2.05, 4.69) is 10.2 Å². The van der Waals surface area contributed by atoms with E-state index in [1.807, 2.05) is 24.3 Å². The first kappa shape index (κ1) is 13.4. The van der Waals surface area contributed by atoms with Gasteiger partial charge in [0, 0.05) is 24.7 Å².